The fourth-order valence-corrected chi connectivity index (χ4v) is 1.38. The molecule has 0 saturated carbocycles. The van der Waals surface area contributed by atoms with Crippen LogP contribution in [-0.4, -0.2) is 5.78 Å². The van der Waals surface area contributed by atoms with Crippen LogP contribution in [-0.2, 0) is 17.6 Å². The van der Waals surface area contributed by atoms with Crippen molar-refractivity contribution in [3.05, 3.63) is 34.9 Å². The van der Waals surface area contributed by atoms with Gasteiger partial charge in [0.2, 0.25) is 0 Å². The molecule has 1 rings (SSSR count). The molecule has 2 nitrogen and oxygen atoms in total. The molecule has 1 aromatic carbocycles. The summed E-state index contributed by atoms with van der Waals surface area (Å²) in [4.78, 5) is 11.0. The predicted octanol–water partition coefficient (Wildman–Crippen LogP) is 2.19. The molecular formula is C12H13NO. The SMILES string of the molecule is CC(=O)Cc1cc(CC#N)ccc1C. The van der Waals surface area contributed by atoms with Crippen molar-refractivity contribution in [3.63, 3.8) is 0 Å². The van der Waals surface area contributed by atoms with Gasteiger partial charge in [0, 0.05) is 6.42 Å². The van der Waals surface area contributed by atoms with Gasteiger partial charge in [0.15, 0.2) is 0 Å². The molecule has 0 saturated heterocycles. The summed E-state index contributed by atoms with van der Waals surface area (Å²) in [6.07, 6.45) is 0.871. The second kappa shape index (κ2) is 4.57. The first kappa shape index (κ1) is 10.5. The molecule has 0 aliphatic carbocycles. The number of hydrogen-bond acceptors (Lipinski definition) is 2. The molecule has 0 heterocycles. The van der Waals surface area contributed by atoms with Crippen molar-refractivity contribution >= 4 is 5.78 Å². The Balaban J connectivity index is 2.97. The third-order valence-corrected chi connectivity index (χ3v) is 2.14. The van der Waals surface area contributed by atoms with Crippen LogP contribution in [0.5, 0.6) is 0 Å². The highest BCUT2D eigenvalue weighted by Crippen LogP contribution is 2.12. The standard InChI is InChI=1S/C12H13NO/c1-9-3-4-11(5-6-13)8-12(9)7-10(2)14/h3-4,8H,5,7H2,1-2H3. The van der Waals surface area contributed by atoms with Crippen LogP contribution in [0.1, 0.15) is 23.6 Å². The maximum atomic E-state index is 11.0. The third-order valence-electron chi connectivity index (χ3n) is 2.14. The Kier molecular flexibility index (Phi) is 3.41. The van der Waals surface area contributed by atoms with E-state index in [9.17, 15) is 4.79 Å². The van der Waals surface area contributed by atoms with Crippen LogP contribution in [0, 0.1) is 18.3 Å². The summed E-state index contributed by atoms with van der Waals surface area (Å²) in [6, 6.07) is 7.94. The van der Waals surface area contributed by atoms with Crippen LogP contribution in [0.2, 0.25) is 0 Å². The third kappa shape index (κ3) is 2.70. The lowest BCUT2D eigenvalue weighted by atomic mass is 10.00. The lowest BCUT2D eigenvalue weighted by Crippen LogP contribution is -1.99. The number of benzene rings is 1. The highest BCUT2D eigenvalue weighted by molar-refractivity contribution is 5.78. The zero-order chi connectivity index (χ0) is 10.6. The fourth-order valence-electron chi connectivity index (χ4n) is 1.38. The fraction of sp³-hybridized carbons (Fsp3) is 0.333. The molecule has 0 radical (unpaired) electrons. The van der Waals surface area contributed by atoms with Crippen LogP contribution < -0.4 is 0 Å². The molecule has 0 unspecified atom stereocenters. The Morgan fingerprint density at radius 2 is 2.21 bits per heavy atom. The van der Waals surface area contributed by atoms with E-state index in [2.05, 4.69) is 6.07 Å². The van der Waals surface area contributed by atoms with E-state index in [1.165, 1.54) is 0 Å². The van der Waals surface area contributed by atoms with Gasteiger partial charge in [0.25, 0.3) is 0 Å². The Hall–Kier alpha value is -1.62. The van der Waals surface area contributed by atoms with Gasteiger partial charge in [0.05, 0.1) is 12.5 Å². The molecule has 0 aliphatic heterocycles. The van der Waals surface area contributed by atoms with Gasteiger partial charge in [-0.2, -0.15) is 5.26 Å². The summed E-state index contributed by atoms with van der Waals surface area (Å²) in [7, 11) is 0. The van der Waals surface area contributed by atoms with Crippen molar-refractivity contribution in [1.29, 1.82) is 5.26 Å². The average molecular weight is 187 g/mol. The summed E-state index contributed by atoms with van der Waals surface area (Å²) in [5.74, 6) is 0.155. The highest BCUT2D eigenvalue weighted by atomic mass is 16.1. The number of carbonyl (C=O) groups excluding carboxylic acids is 1. The summed E-state index contributed by atoms with van der Waals surface area (Å²) < 4.78 is 0. The highest BCUT2D eigenvalue weighted by Gasteiger charge is 2.02. The molecule has 0 bridgehead atoms. The van der Waals surface area contributed by atoms with Crippen LogP contribution in [0.4, 0.5) is 0 Å². The maximum Gasteiger partial charge on any atom is 0.134 e. The number of nitrogens with zero attached hydrogens (tertiary/aromatic N) is 1. The van der Waals surface area contributed by atoms with Crippen LogP contribution in [0.25, 0.3) is 0 Å². The van der Waals surface area contributed by atoms with E-state index in [1.54, 1.807) is 6.92 Å². The second-order valence-corrected chi connectivity index (χ2v) is 3.47. The van der Waals surface area contributed by atoms with Gasteiger partial charge in [0.1, 0.15) is 5.78 Å². The van der Waals surface area contributed by atoms with Crippen molar-refractivity contribution in [2.24, 2.45) is 0 Å². The maximum absolute atomic E-state index is 11.0. The first-order valence-electron chi connectivity index (χ1n) is 4.58. The quantitative estimate of drug-likeness (QED) is 0.727. The Labute approximate surface area is 84.2 Å². The summed E-state index contributed by atoms with van der Waals surface area (Å²) in [5.41, 5.74) is 3.13. The number of hydrogen-bond donors (Lipinski definition) is 0. The average Bonchev–Trinajstić information content (AvgIpc) is 2.10. The first-order valence-corrected chi connectivity index (χ1v) is 4.58. The van der Waals surface area contributed by atoms with E-state index in [0.717, 1.165) is 16.7 Å². The molecule has 0 N–H and O–H groups in total. The largest absolute Gasteiger partial charge is 0.300 e. The van der Waals surface area contributed by atoms with Gasteiger partial charge in [-0.1, -0.05) is 18.2 Å². The Morgan fingerprint density at radius 1 is 1.50 bits per heavy atom. The smallest absolute Gasteiger partial charge is 0.134 e. The zero-order valence-electron chi connectivity index (χ0n) is 8.50. The molecule has 0 aliphatic rings. The lowest BCUT2D eigenvalue weighted by Gasteiger charge is -2.05. The molecule has 14 heavy (non-hydrogen) atoms. The summed E-state index contributed by atoms with van der Waals surface area (Å²) >= 11 is 0. The number of nitriles is 1. The molecule has 0 atom stereocenters. The minimum atomic E-state index is 0.155. The van der Waals surface area contributed by atoms with Gasteiger partial charge < -0.3 is 0 Å². The number of ketones is 1. The minimum Gasteiger partial charge on any atom is -0.300 e. The Morgan fingerprint density at radius 3 is 2.79 bits per heavy atom. The van der Waals surface area contributed by atoms with Crippen molar-refractivity contribution < 1.29 is 4.79 Å². The van der Waals surface area contributed by atoms with Gasteiger partial charge in [-0.15, -0.1) is 0 Å². The number of aryl methyl sites for hydroxylation is 1. The normalized spacial score (nSPS) is 9.50. The molecule has 0 fully saturated rings. The zero-order valence-corrected chi connectivity index (χ0v) is 8.50. The molecule has 0 amide bonds. The first-order chi connectivity index (χ1) is 6.63. The van der Waals surface area contributed by atoms with Crippen LogP contribution in [0.15, 0.2) is 18.2 Å². The monoisotopic (exact) mass is 187 g/mol. The van der Waals surface area contributed by atoms with Crippen molar-refractivity contribution in [2.75, 3.05) is 0 Å². The topological polar surface area (TPSA) is 40.9 Å². The summed E-state index contributed by atoms with van der Waals surface area (Å²) in [5, 5.41) is 8.54. The van der Waals surface area contributed by atoms with E-state index < -0.39 is 0 Å². The molecule has 0 aromatic heterocycles. The number of rotatable bonds is 3. The van der Waals surface area contributed by atoms with Crippen LogP contribution in [0.3, 0.4) is 0 Å². The van der Waals surface area contributed by atoms with E-state index >= 15 is 0 Å². The molecule has 0 spiro atoms. The summed E-state index contributed by atoms with van der Waals surface area (Å²) in [6.45, 7) is 3.56. The van der Waals surface area contributed by atoms with E-state index in [4.69, 9.17) is 5.26 Å². The second-order valence-electron chi connectivity index (χ2n) is 3.47. The van der Waals surface area contributed by atoms with E-state index in [1.807, 2.05) is 25.1 Å². The van der Waals surface area contributed by atoms with Crippen molar-refractivity contribution in [3.8, 4) is 6.07 Å². The Bertz CT molecular complexity index is 388. The number of Topliss-reactive ketones (excluding diaryl/α,β-unsaturated/α-hetero) is 1. The molecule has 2 heteroatoms. The minimum absolute atomic E-state index is 0.155. The van der Waals surface area contributed by atoms with E-state index in [-0.39, 0.29) is 5.78 Å². The van der Waals surface area contributed by atoms with Gasteiger partial charge >= 0.3 is 0 Å². The van der Waals surface area contributed by atoms with Gasteiger partial charge in [-0.25, -0.2) is 0 Å². The van der Waals surface area contributed by atoms with Gasteiger partial charge in [-0.05, 0) is 30.5 Å². The molecule has 1 aromatic rings. The number of carbonyl (C=O) groups is 1. The van der Waals surface area contributed by atoms with Crippen molar-refractivity contribution in [1.82, 2.24) is 0 Å². The van der Waals surface area contributed by atoms with Crippen LogP contribution >= 0.6 is 0 Å². The van der Waals surface area contributed by atoms with Crippen molar-refractivity contribution in [2.45, 2.75) is 26.7 Å². The van der Waals surface area contributed by atoms with Gasteiger partial charge in [-0.3, -0.25) is 4.79 Å². The van der Waals surface area contributed by atoms with E-state index in [0.29, 0.717) is 12.8 Å². The molecule has 72 valence electrons. The molecular weight excluding hydrogens is 174 g/mol. The lowest BCUT2D eigenvalue weighted by molar-refractivity contribution is -0.116. The predicted molar refractivity (Wildman–Crippen MR) is 54.9 cm³/mol.